The largest absolute Gasteiger partial charge is 0.494 e. The SMILES string of the molecule is Cc1ccc(NC(=O)CC2SC(=NC(c3ccc(N(C)C)cc3)c3c(O)[nH]c(=O)[nH]c3=O)NC2=O)cc1. The van der Waals surface area contributed by atoms with Gasteiger partial charge in [0.1, 0.15) is 16.9 Å². The number of amidine groups is 1. The molecule has 1 aliphatic rings. The maximum Gasteiger partial charge on any atom is 0.328 e. The van der Waals surface area contributed by atoms with E-state index >= 15 is 0 Å². The second kappa shape index (κ2) is 10.7. The van der Waals surface area contributed by atoms with Crippen molar-refractivity contribution < 1.29 is 14.7 Å². The Bertz CT molecular complexity index is 1460. The number of hydrogen-bond donors (Lipinski definition) is 5. The highest BCUT2D eigenvalue weighted by Gasteiger charge is 2.33. The molecule has 1 aromatic heterocycles. The third-order valence-electron chi connectivity index (χ3n) is 5.69. The van der Waals surface area contributed by atoms with Crippen LogP contribution < -0.4 is 26.8 Å². The molecule has 2 unspecified atom stereocenters. The average Bonchev–Trinajstić information content (AvgIpc) is 3.17. The average molecular weight is 523 g/mol. The lowest BCUT2D eigenvalue weighted by molar-refractivity contribution is -0.122. The standard InChI is InChI=1S/C25H26N6O5S/c1-13-4-8-15(9-5-13)26-18(32)12-17-21(33)30-25(37-17)27-20(14-6-10-16(11-7-14)31(2)3)19-22(34)28-24(36)29-23(19)35/h4-11,17,20H,12H2,1-3H3,(H,26,32)(H,27,30,33)(H3,28,29,34,35,36). The van der Waals surface area contributed by atoms with E-state index in [0.717, 1.165) is 23.0 Å². The molecule has 0 bridgehead atoms. The third kappa shape index (κ3) is 6.09. The van der Waals surface area contributed by atoms with E-state index in [1.807, 2.05) is 50.2 Å². The Morgan fingerprint density at radius 1 is 1.08 bits per heavy atom. The Morgan fingerprint density at radius 3 is 2.38 bits per heavy atom. The Morgan fingerprint density at radius 2 is 1.76 bits per heavy atom. The van der Waals surface area contributed by atoms with Crippen molar-refractivity contribution in [3.63, 3.8) is 0 Å². The summed E-state index contributed by atoms with van der Waals surface area (Å²) in [7, 11) is 3.76. The lowest BCUT2D eigenvalue weighted by atomic mass is 10.0. The first-order valence-electron chi connectivity index (χ1n) is 11.4. The van der Waals surface area contributed by atoms with Crippen LogP contribution in [0.4, 0.5) is 11.4 Å². The summed E-state index contributed by atoms with van der Waals surface area (Å²) in [5.74, 6) is -1.35. The molecule has 0 aliphatic carbocycles. The number of aromatic amines is 2. The number of aromatic nitrogens is 2. The molecule has 2 atom stereocenters. The molecule has 0 radical (unpaired) electrons. The van der Waals surface area contributed by atoms with Gasteiger partial charge in [-0.15, -0.1) is 0 Å². The van der Waals surface area contributed by atoms with E-state index in [1.165, 1.54) is 0 Å². The van der Waals surface area contributed by atoms with Gasteiger partial charge in [-0.25, -0.2) is 9.79 Å². The minimum absolute atomic E-state index is 0.0872. The van der Waals surface area contributed by atoms with E-state index in [2.05, 4.69) is 25.6 Å². The predicted octanol–water partition coefficient (Wildman–Crippen LogP) is 1.85. The maximum absolute atomic E-state index is 12.6. The zero-order valence-electron chi connectivity index (χ0n) is 20.4. The maximum atomic E-state index is 12.6. The number of nitrogens with one attached hydrogen (secondary N) is 4. The lowest BCUT2D eigenvalue weighted by Gasteiger charge is -2.17. The van der Waals surface area contributed by atoms with Crippen LogP contribution in [-0.4, -0.2) is 51.4 Å². The van der Waals surface area contributed by atoms with Gasteiger partial charge in [0.2, 0.25) is 17.7 Å². The summed E-state index contributed by atoms with van der Waals surface area (Å²) in [6.45, 7) is 1.94. The Balaban J connectivity index is 1.60. The molecular formula is C25H26N6O5S. The molecular weight excluding hydrogens is 496 g/mol. The van der Waals surface area contributed by atoms with Gasteiger partial charge >= 0.3 is 5.69 Å². The number of aryl methyl sites for hydroxylation is 1. The summed E-state index contributed by atoms with van der Waals surface area (Å²) < 4.78 is 0. The molecule has 11 nitrogen and oxygen atoms in total. The zero-order valence-corrected chi connectivity index (χ0v) is 21.2. The van der Waals surface area contributed by atoms with Crippen molar-refractivity contribution in [3.05, 3.63) is 86.1 Å². The van der Waals surface area contributed by atoms with E-state index in [-0.39, 0.29) is 23.1 Å². The number of thioether (sulfide) groups is 1. The fourth-order valence-corrected chi connectivity index (χ4v) is 4.73. The summed E-state index contributed by atoms with van der Waals surface area (Å²) in [5.41, 5.74) is 1.28. The Kier molecular flexibility index (Phi) is 7.48. The highest BCUT2D eigenvalue weighted by Crippen LogP contribution is 2.32. The summed E-state index contributed by atoms with van der Waals surface area (Å²) in [4.78, 5) is 60.1. The minimum atomic E-state index is -1.04. The number of nitrogens with zero attached hydrogens (tertiary/aromatic N) is 2. The summed E-state index contributed by atoms with van der Waals surface area (Å²) >= 11 is 1.06. The topological polar surface area (TPSA) is 160 Å². The highest BCUT2D eigenvalue weighted by atomic mass is 32.2. The fraction of sp³-hybridized carbons (Fsp3) is 0.240. The number of aromatic hydroxyl groups is 1. The predicted molar refractivity (Wildman–Crippen MR) is 143 cm³/mol. The fourth-order valence-electron chi connectivity index (χ4n) is 3.73. The molecule has 5 N–H and O–H groups in total. The van der Waals surface area contributed by atoms with Crippen molar-refractivity contribution in [1.29, 1.82) is 0 Å². The summed E-state index contributed by atoms with van der Waals surface area (Å²) in [6.07, 6.45) is -0.0872. The number of hydrogen-bond acceptors (Lipinski definition) is 8. The molecule has 2 amide bonds. The van der Waals surface area contributed by atoms with Gasteiger partial charge in [-0.2, -0.15) is 0 Å². The van der Waals surface area contributed by atoms with E-state index in [0.29, 0.717) is 11.3 Å². The minimum Gasteiger partial charge on any atom is -0.494 e. The Hall–Kier alpha value is -4.32. The Labute approximate surface area is 216 Å². The molecule has 37 heavy (non-hydrogen) atoms. The van der Waals surface area contributed by atoms with Crippen LogP contribution in [0.15, 0.2) is 63.1 Å². The first-order chi connectivity index (χ1) is 17.6. The molecule has 192 valence electrons. The van der Waals surface area contributed by atoms with Gasteiger partial charge < -0.3 is 20.6 Å². The van der Waals surface area contributed by atoms with E-state index in [4.69, 9.17) is 0 Å². The van der Waals surface area contributed by atoms with E-state index < -0.39 is 34.3 Å². The first-order valence-corrected chi connectivity index (χ1v) is 12.2. The van der Waals surface area contributed by atoms with E-state index in [1.54, 1.807) is 24.3 Å². The number of carbonyl (C=O) groups is 2. The highest BCUT2D eigenvalue weighted by molar-refractivity contribution is 8.15. The molecule has 1 saturated heterocycles. The van der Waals surface area contributed by atoms with Crippen LogP contribution in [0.3, 0.4) is 0 Å². The van der Waals surface area contributed by atoms with Gasteiger partial charge in [0.25, 0.3) is 5.56 Å². The summed E-state index contributed by atoms with van der Waals surface area (Å²) in [5, 5.41) is 15.3. The molecule has 4 rings (SSSR count). The molecule has 12 heteroatoms. The number of aliphatic imine (C=N–C) groups is 1. The van der Waals surface area contributed by atoms with Crippen molar-refractivity contribution in [1.82, 2.24) is 15.3 Å². The van der Waals surface area contributed by atoms with Crippen molar-refractivity contribution in [2.24, 2.45) is 4.99 Å². The number of carbonyl (C=O) groups excluding carboxylic acids is 2. The lowest BCUT2D eigenvalue weighted by Crippen LogP contribution is -2.29. The van der Waals surface area contributed by atoms with Crippen LogP contribution in [-0.2, 0) is 9.59 Å². The molecule has 0 saturated carbocycles. The van der Waals surface area contributed by atoms with Crippen LogP contribution in [0.2, 0.25) is 0 Å². The molecule has 2 heterocycles. The van der Waals surface area contributed by atoms with Crippen LogP contribution in [0.25, 0.3) is 0 Å². The van der Waals surface area contributed by atoms with Crippen molar-refractivity contribution in [3.8, 4) is 5.88 Å². The van der Waals surface area contributed by atoms with Crippen LogP contribution >= 0.6 is 11.8 Å². The molecule has 3 aromatic rings. The second-order valence-electron chi connectivity index (χ2n) is 8.71. The molecule has 1 fully saturated rings. The smallest absolute Gasteiger partial charge is 0.328 e. The third-order valence-corrected chi connectivity index (χ3v) is 6.78. The van der Waals surface area contributed by atoms with Crippen molar-refractivity contribution in [2.45, 2.75) is 24.6 Å². The van der Waals surface area contributed by atoms with Crippen molar-refractivity contribution in [2.75, 3.05) is 24.3 Å². The number of rotatable bonds is 7. The van der Waals surface area contributed by atoms with Gasteiger partial charge in [0.15, 0.2) is 5.17 Å². The van der Waals surface area contributed by atoms with Gasteiger partial charge in [-0.3, -0.25) is 24.4 Å². The molecule has 0 spiro atoms. The number of benzene rings is 2. The number of H-pyrrole nitrogens is 2. The normalized spacial score (nSPS) is 16.9. The number of anilines is 2. The quantitative estimate of drug-likeness (QED) is 0.317. The van der Waals surface area contributed by atoms with Crippen molar-refractivity contribution >= 4 is 40.1 Å². The van der Waals surface area contributed by atoms with Crippen LogP contribution in [0.1, 0.15) is 29.2 Å². The molecule has 1 aliphatic heterocycles. The van der Waals surface area contributed by atoms with E-state index in [9.17, 15) is 24.3 Å². The van der Waals surface area contributed by atoms with Gasteiger partial charge in [0.05, 0.1) is 0 Å². The van der Waals surface area contributed by atoms with Crippen LogP contribution in [0.5, 0.6) is 5.88 Å². The first kappa shape index (κ1) is 25.8. The second-order valence-corrected chi connectivity index (χ2v) is 9.90. The molecule has 2 aromatic carbocycles. The van der Waals surface area contributed by atoms with Gasteiger partial charge in [-0.05, 0) is 36.8 Å². The monoisotopic (exact) mass is 522 g/mol. The summed E-state index contributed by atoms with van der Waals surface area (Å²) in [6, 6.07) is 13.4. The van der Waals surface area contributed by atoms with Gasteiger partial charge in [-0.1, -0.05) is 41.6 Å². The van der Waals surface area contributed by atoms with Gasteiger partial charge in [0, 0.05) is 31.9 Å². The van der Waals surface area contributed by atoms with Crippen LogP contribution in [0, 0.1) is 6.92 Å². The number of amides is 2. The zero-order chi connectivity index (χ0) is 26.7.